The van der Waals surface area contributed by atoms with Gasteiger partial charge in [0.25, 0.3) is 0 Å². The van der Waals surface area contributed by atoms with E-state index in [1.807, 2.05) is 12.1 Å². The van der Waals surface area contributed by atoms with Crippen molar-refractivity contribution >= 4 is 5.96 Å². The smallest absolute Gasteiger partial charge is 0.387 e. The summed E-state index contributed by atoms with van der Waals surface area (Å²) in [6.45, 7) is -0.133. The van der Waals surface area contributed by atoms with Gasteiger partial charge in [0.15, 0.2) is 17.5 Å². The SMILES string of the molecule is CCOc1cccc(CNC(=NC)NCc2ccc(C#N)cc2)c1OC(F)F. The highest BCUT2D eigenvalue weighted by Crippen LogP contribution is 2.32. The molecular formula is C20H22F2N4O2. The number of halogens is 2. The maximum Gasteiger partial charge on any atom is 0.387 e. The van der Waals surface area contributed by atoms with Crippen molar-refractivity contribution in [1.29, 1.82) is 5.26 Å². The number of nitriles is 1. The molecule has 148 valence electrons. The number of hydrogen-bond acceptors (Lipinski definition) is 4. The normalized spacial score (nSPS) is 11.1. The molecule has 6 nitrogen and oxygen atoms in total. The fourth-order valence-corrected chi connectivity index (χ4v) is 2.47. The van der Waals surface area contributed by atoms with Crippen molar-refractivity contribution < 1.29 is 18.3 Å². The summed E-state index contributed by atoms with van der Waals surface area (Å²) in [5.41, 5.74) is 2.08. The summed E-state index contributed by atoms with van der Waals surface area (Å²) in [5.74, 6) is 0.770. The van der Waals surface area contributed by atoms with Crippen molar-refractivity contribution in [2.75, 3.05) is 13.7 Å². The van der Waals surface area contributed by atoms with Crippen LogP contribution in [0.25, 0.3) is 0 Å². The average molecular weight is 388 g/mol. The minimum Gasteiger partial charge on any atom is -0.490 e. The molecule has 0 unspecified atom stereocenters. The van der Waals surface area contributed by atoms with Crippen LogP contribution in [0.3, 0.4) is 0 Å². The van der Waals surface area contributed by atoms with Crippen molar-refractivity contribution in [3.8, 4) is 17.6 Å². The Kier molecular flexibility index (Phi) is 8.03. The molecule has 2 rings (SSSR count). The number of rotatable bonds is 8. The first-order valence-corrected chi connectivity index (χ1v) is 8.70. The quantitative estimate of drug-likeness (QED) is 0.535. The van der Waals surface area contributed by atoms with E-state index in [-0.39, 0.29) is 18.0 Å². The third-order valence-corrected chi connectivity index (χ3v) is 3.78. The number of hydrogen-bond donors (Lipinski definition) is 2. The van der Waals surface area contributed by atoms with E-state index in [1.54, 1.807) is 44.3 Å². The molecule has 0 aliphatic heterocycles. The molecule has 0 radical (unpaired) electrons. The molecule has 8 heteroatoms. The number of benzene rings is 2. The fourth-order valence-electron chi connectivity index (χ4n) is 2.47. The Morgan fingerprint density at radius 2 is 1.86 bits per heavy atom. The standard InChI is InChI=1S/C20H22F2N4O2/c1-3-27-17-6-4-5-16(18(17)28-19(21)22)13-26-20(24-2)25-12-15-9-7-14(11-23)8-10-15/h4-10,19H,3,12-13H2,1-2H3,(H2,24,25,26). The van der Waals surface area contributed by atoms with Crippen LogP contribution >= 0.6 is 0 Å². The Morgan fingerprint density at radius 1 is 1.14 bits per heavy atom. The zero-order chi connectivity index (χ0) is 20.4. The second kappa shape index (κ2) is 10.7. The van der Waals surface area contributed by atoms with Crippen LogP contribution in [-0.4, -0.2) is 26.2 Å². The maximum absolute atomic E-state index is 12.8. The van der Waals surface area contributed by atoms with Gasteiger partial charge in [-0.05, 0) is 30.7 Å². The molecule has 0 amide bonds. The lowest BCUT2D eigenvalue weighted by atomic mass is 10.1. The van der Waals surface area contributed by atoms with Gasteiger partial charge < -0.3 is 20.1 Å². The molecule has 0 saturated carbocycles. The summed E-state index contributed by atoms with van der Waals surface area (Å²) >= 11 is 0. The zero-order valence-electron chi connectivity index (χ0n) is 15.7. The van der Waals surface area contributed by atoms with Crippen LogP contribution in [0.2, 0.25) is 0 Å². The van der Waals surface area contributed by atoms with Crippen LogP contribution in [-0.2, 0) is 13.1 Å². The molecule has 0 aliphatic rings. The van der Waals surface area contributed by atoms with E-state index in [4.69, 9.17) is 10.00 Å². The highest BCUT2D eigenvalue weighted by molar-refractivity contribution is 5.79. The number of nitrogens with one attached hydrogen (secondary N) is 2. The van der Waals surface area contributed by atoms with Crippen LogP contribution in [0, 0.1) is 11.3 Å². The molecule has 0 heterocycles. The summed E-state index contributed by atoms with van der Waals surface area (Å²) in [6.07, 6.45) is 0. The van der Waals surface area contributed by atoms with Gasteiger partial charge in [-0.3, -0.25) is 4.99 Å². The van der Waals surface area contributed by atoms with Crippen LogP contribution in [0.15, 0.2) is 47.5 Å². The van der Waals surface area contributed by atoms with Gasteiger partial charge >= 0.3 is 6.61 Å². The number of ether oxygens (including phenoxy) is 2. The molecule has 0 spiro atoms. The van der Waals surface area contributed by atoms with E-state index in [0.29, 0.717) is 30.2 Å². The van der Waals surface area contributed by atoms with Crippen LogP contribution in [0.5, 0.6) is 11.5 Å². The number of nitrogens with zero attached hydrogens (tertiary/aromatic N) is 2. The molecule has 28 heavy (non-hydrogen) atoms. The van der Waals surface area contributed by atoms with Crippen molar-refractivity contribution in [2.45, 2.75) is 26.6 Å². The van der Waals surface area contributed by atoms with Gasteiger partial charge in [-0.25, -0.2) is 0 Å². The monoisotopic (exact) mass is 388 g/mol. The van der Waals surface area contributed by atoms with Crippen molar-refractivity contribution in [3.05, 3.63) is 59.2 Å². The lowest BCUT2D eigenvalue weighted by Crippen LogP contribution is -2.36. The van der Waals surface area contributed by atoms with Gasteiger partial charge in [0, 0.05) is 25.7 Å². The van der Waals surface area contributed by atoms with Gasteiger partial charge in [-0.2, -0.15) is 14.0 Å². The Hall–Kier alpha value is -3.34. The molecule has 0 aliphatic carbocycles. The summed E-state index contributed by atoms with van der Waals surface area (Å²) in [7, 11) is 1.61. The van der Waals surface area contributed by atoms with Crippen LogP contribution in [0.4, 0.5) is 8.78 Å². The molecule has 0 aromatic heterocycles. The summed E-state index contributed by atoms with van der Waals surface area (Å²) in [5, 5.41) is 15.0. The van der Waals surface area contributed by atoms with Crippen molar-refractivity contribution in [3.63, 3.8) is 0 Å². The topological polar surface area (TPSA) is 78.7 Å². The first-order chi connectivity index (χ1) is 13.6. The van der Waals surface area contributed by atoms with Crippen LogP contribution < -0.4 is 20.1 Å². The largest absolute Gasteiger partial charge is 0.490 e. The van der Waals surface area contributed by atoms with Gasteiger partial charge in [-0.15, -0.1) is 0 Å². The van der Waals surface area contributed by atoms with E-state index < -0.39 is 6.61 Å². The van der Waals surface area contributed by atoms with E-state index in [1.165, 1.54) is 0 Å². The van der Waals surface area contributed by atoms with Gasteiger partial charge in [0.05, 0.1) is 18.2 Å². The Labute approximate surface area is 162 Å². The summed E-state index contributed by atoms with van der Waals surface area (Å²) in [6, 6.07) is 14.2. The fraction of sp³-hybridized carbons (Fsp3) is 0.300. The third-order valence-electron chi connectivity index (χ3n) is 3.78. The molecule has 2 N–H and O–H groups in total. The van der Waals surface area contributed by atoms with E-state index >= 15 is 0 Å². The van der Waals surface area contributed by atoms with E-state index in [9.17, 15) is 8.78 Å². The van der Waals surface area contributed by atoms with E-state index in [0.717, 1.165) is 5.56 Å². The molecular weight excluding hydrogens is 366 g/mol. The maximum atomic E-state index is 12.8. The number of alkyl halides is 2. The molecule has 0 saturated heterocycles. The molecule has 0 atom stereocenters. The summed E-state index contributed by atoms with van der Waals surface area (Å²) in [4.78, 5) is 4.12. The predicted octanol–water partition coefficient (Wildman–Crippen LogP) is 3.42. The lowest BCUT2D eigenvalue weighted by molar-refractivity contribution is -0.0520. The van der Waals surface area contributed by atoms with Gasteiger partial charge in [0.1, 0.15) is 0 Å². The third kappa shape index (κ3) is 6.13. The minimum absolute atomic E-state index is 0.00870. The molecule has 2 aromatic rings. The van der Waals surface area contributed by atoms with Crippen molar-refractivity contribution in [2.24, 2.45) is 4.99 Å². The number of guanidine groups is 1. The van der Waals surface area contributed by atoms with Crippen molar-refractivity contribution in [1.82, 2.24) is 10.6 Å². The first-order valence-electron chi connectivity index (χ1n) is 8.70. The van der Waals surface area contributed by atoms with Gasteiger partial charge in [-0.1, -0.05) is 24.3 Å². The number of aliphatic imine (C=N–C) groups is 1. The highest BCUT2D eigenvalue weighted by Gasteiger charge is 2.16. The Balaban J connectivity index is 2.02. The van der Waals surface area contributed by atoms with Gasteiger partial charge in [0.2, 0.25) is 0 Å². The second-order valence-corrected chi connectivity index (χ2v) is 5.64. The molecule has 2 aromatic carbocycles. The predicted molar refractivity (Wildman–Crippen MR) is 102 cm³/mol. The average Bonchev–Trinajstić information content (AvgIpc) is 2.70. The Morgan fingerprint density at radius 3 is 2.46 bits per heavy atom. The minimum atomic E-state index is -2.95. The summed E-state index contributed by atoms with van der Waals surface area (Å²) < 4.78 is 35.6. The van der Waals surface area contributed by atoms with E-state index in [2.05, 4.69) is 26.4 Å². The highest BCUT2D eigenvalue weighted by atomic mass is 19.3. The lowest BCUT2D eigenvalue weighted by Gasteiger charge is -2.17. The zero-order valence-corrected chi connectivity index (χ0v) is 15.7. The Bertz CT molecular complexity index is 833. The first kappa shape index (κ1) is 21.0. The number of para-hydroxylation sites is 1. The molecule has 0 bridgehead atoms. The van der Waals surface area contributed by atoms with Crippen LogP contribution in [0.1, 0.15) is 23.6 Å². The second-order valence-electron chi connectivity index (χ2n) is 5.64. The molecule has 0 fully saturated rings.